The molecule has 0 radical (unpaired) electrons. The third kappa shape index (κ3) is 8.68. The van der Waals surface area contributed by atoms with E-state index >= 15 is 0 Å². The van der Waals surface area contributed by atoms with E-state index in [0.717, 1.165) is 15.9 Å². The third-order valence-corrected chi connectivity index (χ3v) is 9.80. The van der Waals surface area contributed by atoms with Crippen LogP contribution in [0.5, 0.6) is 0 Å². The van der Waals surface area contributed by atoms with E-state index in [1.54, 1.807) is 23.7 Å². The van der Waals surface area contributed by atoms with E-state index < -0.39 is 22.5 Å². The minimum Gasteiger partial charge on any atom is -0.312 e. The summed E-state index contributed by atoms with van der Waals surface area (Å²) in [7, 11) is 3.07. The molecule has 20 heteroatoms. The summed E-state index contributed by atoms with van der Waals surface area (Å²) in [5.74, 6) is 0.676. The fraction of sp³-hybridized carbons (Fsp3) is 0.143. The molecule has 7 aromatic rings. The number of imidazole rings is 1. The summed E-state index contributed by atoms with van der Waals surface area (Å²) in [6, 6.07) is 15.0. The first-order chi connectivity index (χ1) is 26.4. The van der Waals surface area contributed by atoms with Crippen LogP contribution in [0.3, 0.4) is 0 Å². The van der Waals surface area contributed by atoms with Gasteiger partial charge in [0.15, 0.2) is 27.3 Å². The fourth-order valence-electron chi connectivity index (χ4n) is 5.33. The Labute approximate surface area is 338 Å². The molecule has 0 spiro atoms. The number of nitrogens with zero attached hydrogens (tertiary/aromatic N) is 9. The van der Waals surface area contributed by atoms with Crippen molar-refractivity contribution < 1.29 is 0 Å². The Hall–Kier alpha value is -5.26. The van der Waals surface area contributed by atoms with E-state index in [4.69, 9.17) is 46.4 Å². The van der Waals surface area contributed by atoms with Crippen molar-refractivity contribution in [2.75, 3.05) is 0 Å². The van der Waals surface area contributed by atoms with Crippen molar-refractivity contribution in [3.8, 4) is 11.5 Å². The molecule has 0 atom stereocenters. The highest BCUT2D eigenvalue weighted by Crippen LogP contribution is 2.27. The van der Waals surface area contributed by atoms with Gasteiger partial charge in [-0.1, -0.05) is 86.6 Å². The van der Waals surface area contributed by atoms with Crippen molar-refractivity contribution in [3.05, 3.63) is 158 Å². The predicted octanol–water partition coefficient (Wildman–Crippen LogP) is 5.66. The van der Waals surface area contributed by atoms with Crippen molar-refractivity contribution in [2.45, 2.75) is 18.3 Å². The molecule has 6 heterocycles. The fourth-order valence-corrected chi connectivity index (χ4v) is 6.36. The number of aryl methyl sites for hydroxylation is 1. The molecule has 2 aromatic carbocycles. The van der Waals surface area contributed by atoms with E-state index in [-0.39, 0.29) is 27.9 Å². The van der Waals surface area contributed by atoms with E-state index in [0.29, 0.717) is 45.9 Å². The molecule has 2 N–H and O–H groups in total. The Balaban J connectivity index is 0.000000159. The van der Waals surface area contributed by atoms with Crippen LogP contribution in [0.2, 0.25) is 20.4 Å². The number of alkyl halides is 1. The Morgan fingerprint density at radius 3 is 1.80 bits per heavy atom. The Morgan fingerprint density at radius 2 is 1.22 bits per heavy atom. The molecule has 0 saturated heterocycles. The molecule has 8 rings (SSSR count). The first kappa shape index (κ1) is 39.4. The van der Waals surface area contributed by atoms with E-state index in [1.807, 2.05) is 36.4 Å². The second-order valence-electron chi connectivity index (χ2n) is 11.6. The van der Waals surface area contributed by atoms with Gasteiger partial charge in [0.1, 0.15) is 17.2 Å². The molecule has 280 valence electrons. The number of nitrogens with one attached hydrogen (secondary N) is 2. The second-order valence-corrected chi connectivity index (χ2v) is 13.8. The minimum absolute atomic E-state index is 0.145. The number of aromatic amines is 2. The number of H-pyrrole nitrogens is 2. The lowest BCUT2D eigenvalue weighted by molar-refractivity contribution is 0.796. The Kier molecular flexibility index (Phi) is 12.2. The summed E-state index contributed by atoms with van der Waals surface area (Å²) in [5.41, 5.74) is 2.27. The molecule has 1 aliphatic heterocycles. The number of rotatable bonds is 5. The van der Waals surface area contributed by atoms with Gasteiger partial charge in [0.2, 0.25) is 0 Å². The zero-order valence-corrected chi connectivity index (χ0v) is 33.2. The molecular formula is C35H26BrCl4N11O4. The molecule has 0 saturated carbocycles. The van der Waals surface area contributed by atoms with Crippen molar-refractivity contribution in [3.63, 3.8) is 0 Å². The van der Waals surface area contributed by atoms with Gasteiger partial charge in [-0.3, -0.25) is 33.7 Å². The van der Waals surface area contributed by atoms with E-state index in [2.05, 4.69) is 55.8 Å². The molecule has 1 aliphatic rings. The van der Waals surface area contributed by atoms with Crippen molar-refractivity contribution >= 4 is 85.0 Å². The summed E-state index contributed by atoms with van der Waals surface area (Å²) in [5, 5.41) is 2.65. The van der Waals surface area contributed by atoms with Crippen LogP contribution < -0.4 is 22.5 Å². The minimum atomic E-state index is -0.555. The van der Waals surface area contributed by atoms with Crippen LogP contribution in [0.25, 0.3) is 22.7 Å². The SMILES string of the molecule is Clc1ccc(CBr)cc1.Cn1c(=O)[nH]c(=O)c2c1nc(-c1nccnc1Cl)n2Cc1ccc(Cl)cc1.Cn1c2c(c(=O)[nH]c1=O)CC(c1nccnc1Cl)=N2. The summed E-state index contributed by atoms with van der Waals surface area (Å²) >= 11 is 27.1. The van der Waals surface area contributed by atoms with Crippen LogP contribution in [0.15, 0.2) is 97.5 Å². The maximum Gasteiger partial charge on any atom is 0.329 e. The maximum atomic E-state index is 12.5. The van der Waals surface area contributed by atoms with Gasteiger partial charge in [0, 0.05) is 67.2 Å². The van der Waals surface area contributed by atoms with E-state index in [9.17, 15) is 19.2 Å². The molecule has 0 unspecified atom stereocenters. The molecule has 0 bridgehead atoms. The number of halogens is 5. The quantitative estimate of drug-likeness (QED) is 0.205. The number of hydrogen-bond donors (Lipinski definition) is 2. The lowest BCUT2D eigenvalue weighted by Gasteiger charge is -2.09. The van der Waals surface area contributed by atoms with Gasteiger partial charge in [-0.25, -0.2) is 34.5 Å². The predicted molar refractivity (Wildman–Crippen MR) is 216 cm³/mol. The van der Waals surface area contributed by atoms with Gasteiger partial charge in [-0.2, -0.15) is 0 Å². The molecule has 5 aromatic heterocycles. The largest absolute Gasteiger partial charge is 0.329 e. The summed E-state index contributed by atoms with van der Waals surface area (Å²) in [4.78, 5) is 77.3. The van der Waals surface area contributed by atoms with E-state index in [1.165, 1.54) is 46.5 Å². The zero-order chi connectivity index (χ0) is 39.4. The first-order valence-corrected chi connectivity index (χ1v) is 18.6. The summed E-state index contributed by atoms with van der Waals surface area (Å²) < 4.78 is 4.21. The standard InChI is InChI=1S/C17H12Cl2N6O2.C11H8ClN5O2.C7H6BrCl/c1-24-15-12(16(26)23-17(24)27)25(8-9-2-4-10(18)5-3-9)14(22-15)11-13(19)21-7-6-20-11;1-17-9-5(10(18)16-11(17)19)4-6(15-9)7-8(12)14-3-2-13-7;8-5-6-1-3-7(9)4-2-6/h2-7H,8H2,1H3,(H,23,26,27);2-3H,4H2,1H3,(H,16,18,19);1-4H,5H2. The van der Waals surface area contributed by atoms with Crippen LogP contribution in [0.1, 0.15) is 22.4 Å². The third-order valence-electron chi connectivity index (χ3n) is 8.09. The summed E-state index contributed by atoms with van der Waals surface area (Å²) in [6.07, 6.45) is 6.18. The number of aliphatic imine (C=N–C) groups is 1. The maximum absolute atomic E-state index is 12.5. The number of fused-ring (bicyclic) bond motifs is 2. The summed E-state index contributed by atoms with van der Waals surface area (Å²) in [6.45, 7) is 0.303. The molecule has 0 fully saturated rings. The second kappa shape index (κ2) is 17.0. The van der Waals surface area contributed by atoms with Gasteiger partial charge in [0.05, 0.1) is 11.3 Å². The normalized spacial score (nSPS) is 11.7. The monoisotopic (exact) mass is 883 g/mol. The number of benzene rings is 2. The van der Waals surface area contributed by atoms with Crippen LogP contribution >= 0.6 is 62.3 Å². The topological polar surface area (TPSA) is 191 Å². The lowest BCUT2D eigenvalue weighted by atomic mass is 10.1. The average Bonchev–Trinajstić information content (AvgIpc) is 3.79. The first-order valence-electron chi connectivity index (χ1n) is 15.9. The molecule has 0 aliphatic carbocycles. The molecule has 0 amide bonds. The number of aromatic nitrogens is 10. The van der Waals surface area contributed by atoms with Gasteiger partial charge < -0.3 is 4.57 Å². The van der Waals surface area contributed by atoms with Gasteiger partial charge >= 0.3 is 11.4 Å². The van der Waals surface area contributed by atoms with Crippen LogP contribution in [0, 0.1) is 0 Å². The highest BCUT2D eigenvalue weighted by atomic mass is 79.9. The van der Waals surface area contributed by atoms with Crippen LogP contribution in [0.4, 0.5) is 5.82 Å². The molecule has 15 nitrogen and oxygen atoms in total. The lowest BCUT2D eigenvalue weighted by Crippen LogP contribution is -2.29. The Bertz CT molecular complexity index is 2820. The Morgan fingerprint density at radius 1 is 0.691 bits per heavy atom. The highest BCUT2D eigenvalue weighted by molar-refractivity contribution is 9.08. The van der Waals surface area contributed by atoms with Gasteiger partial charge in [-0.05, 0) is 35.4 Å². The van der Waals surface area contributed by atoms with Gasteiger partial charge in [0.25, 0.3) is 11.1 Å². The van der Waals surface area contributed by atoms with Crippen molar-refractivity contribution in [1.29, 1.82) is 0 Å². The van der Waals surface area contributed by atoms with Crippen LogP contribution in [-0.4, -0.2) is 54.3 Å². The van der Waals surface area contributed by atoms with Crippen LogP contribution in [-0.2, 0) is 32.4 Å². The number of hydrogen-bond acceptors (Lipinski definition) is 10. The van der Waals surface area contributed by atoms with Crippen molar-refractivity contribution in [2.24, 2.45) is 19.1 Å². The molecule has 55 heavy (non-hydrogen) atoms. The zero-order valence-electron chi connectivity index (χ0n) is 28.6. The highest BCUT2D eigenvalue weighted by Gasteiger charge is 2.25. The van der Waals surface area contributed by atoms with Crippen molar-refractivity contribution in [1.82, 2.24) is 48.6 Å². The van der Waals surface area contributed by atoms with Gasteiger partial charge in [-0.15, -0.1) is 0 Å². The average molecular weight is 886 g/mol. The smallest absolute Gasteiger partial charge is 0.312 e. The molecular weight excluding hydrogens is 860 g/mol.